The molecule has 0 unspecified atom stereocenters. The fourth-order valence-electron chi connectivity index (χ4n) is 1.69. The quantitative estimate of drug-likeness (QED) is 0.876. The number of amides is 2. The van der Waals surface area contributed by atoms with Gasteiger partial charge in [0.05, 0.1) is 17.3 Å². The fourth-order valence-corrected chi connectivity index (χ4v) is 1.87. The summed E-state index contributed by atoms with van der Waals surface area (Å²) in [5, 5.41) is 3.20. The maximum absolute atomic E-state index is 12.0. The van der Waals surface area contributed by atoms with Crippen LogP contribution in [0, 0.1) is 5.92 Å². The zero-order chi connectivity index (χ0) is 15.1. The highest BCUT2D eigenvalue weighted by molar-refractivity contribution is 6.33. The number of carbonyl (C=O) groups excluding carboxylic acids is 2. The highest BCUT2D eigenvalue weighted by Gasteiger charge is 2.14. The molecule has 0 aliphatic rings. The molecule has 0 heterocycles. The second-order valence-corrected chi connectivity index (χ2v) is 5.56. The molecule has 1 aromatic rings. The summed E-state index contributed by atoms with van der Waals surface area (Å²) in [5.74, 6) is 0.153. The molecule has 0 bridgehead atoms. The van der Waals surface area contributed by atoms with E-state index in [4.69, 9.17) is 11.6 Å². The van der Waals surface area contributed by atoms with E-state index in [1.165, 1.54) is 6.92 Å². The van der Waals surface area contributed by atoms with Crippen LogP contribution < -0.4 is 5.32 Å². The zero-order valence-electron chi connectivity index (χ0n) is 12.1. The van der Waals surface area contributed by atoms with Crippen molar-refractivity contribution >= 4 is 29.1 Å². The molecule has 0 radical (unpaired) electrons. The average molecular weight is 297 g/mol. The second-order valence-electron chi connectivity index (χ2n) is 5.15. The average Bonchev–Trinajstić information content (AvgIpc) is 2.36. The molecule has 4 nitrogen and oxygen atoms in total. The SMILES string of the molecule is CC(=O)N(CCC(C)C)CC(=O)Nc1ccccc1Cl. The number of nitrogens with one attached hydrogen (secondary N) is 1. The lowest BCUT2D eigenvalue weighted by Gasteiger charge is -2.21. The topological polar surface area (TPSA) is 49.4 Å². The van der Waals surface area contributed by atoms with Gasteiger partial charge in [-0.25, -0.2) is 0 Å². The Labute approximate surface area is 125 Å². The first-order chi connectivity index (χ1) is 9.40. The summed E-state index contributed by atoms with van der Waals surface area (Å²) in [6.07, 6.45) is 0.874. The van der Waals surface area contributed by atoms with Crippen LogP contribution in [0.15, 0.2) is 24.3 Å². The van der Waals surface area contributed by atoms with E-state index >= 15 is 0 Å². The second kappa shape index (κ2) is 7.90. The van der Waals surface area contributed by atoms with Crippen molar-refractivity contribution in [1.82, 2.24) is 4.90 Å². The third-order valence-electron chi connectivity index (χ3n) is 2.90. The first-order valence-corrected chi connectivity index (χ1v) is 7.08. The summed E-state index contributed by atoms with van der Waals surface area (Å²) >= 11 is 5.97. The number of anilines is 1. The molecule has 0 aliphatic heterocycles. The number of rotatable bonds is 6. The summed E-state index contributed by atoms with van der Waals surface area (Å²) in [6, 6.07) is 7.02. The molecule has 0 aliphatic carbocycles. The zero-order valence-corrected chi connectivity index (χ0v) is 12.9. The van der Waals surface area contributed by atoms with E-state index in [-0.39, 0.29) is 18.4 Å². The van der Waals surface area contributed by atoms with E-state index in [0.717, 1.165) is 6.42 Å². The molecule has 0 fully saturated rings. The number of carbonyl (C=O) groups is 2. The van der Waals surface area contributed by atoms with Crippen molar-refractivity contribution in [2.75, 3.05) is 18.4 Å². The van der Waals surface area contributed by atoms with Gasteiger partial charge in [0, 0.05) is 13.5 Å². The molecule has 2 amide bonds. The van der Waals surface area contributed by atoms with Gasteiger partial charge >= 0.3 is 0 Å². The third kappa shape index (κ3) is 5.61. The Balaban J connectivity index is 2.58. The van der Waals surface area contributed by atoms with Crippen molar-refractivity contribution in [3.8, 4) is 0 Å². The van der Waals surface area contributed by atoms with E-state index in [1.54, 1.807) is 29.2 Å². The first kappa shape index (κ1) is 16.5. The van der Waals surface area contributed by atoms with Crippen LogP contribution in [0.3, 0.4) is 0 Å². The van der Waals surface area contributed by atoms with Crippen LogP contribution in [-0.4, -0.2) is 29.8 Å². The maximum Gasteiger partial charge on any atom is 0.244 e. The molecule has 0 aromatic heterocycles. The molecule has 110 valence electrons. The minimum Gasteiger partial charge on any atom is -0.334 e. The van der Waals surface area contributed by atoms with Crippen LogP contribution >= 0.6 is 11.6 Å². The van der Waals surface area contributed by atoms with Crippen LogP contribution in [0.4, 0.5) is 5.69 Å². The van der Waals surface area contributed by atoms with Crippen molar-refractivity contribution in [1.29, 1.82) is 0 Å². The Morgan fingerprint density at radius 1 is 1.30 bits per heavy atom. The monoisotopic (exact) mass is 296 g/mol. The Morgan fingerprint density at radius 3 is 2.50 bits per heavy atom. The summed E-state index contributed by atoms with van der Waals surface area (Å²) in [7, 11) is 0. The van der Waals surface area contributed by atoms with Crippen molar-refractivity contribution in [3.63, 3.8) is 0 Å². The van der Waals surface area contributed by atoms with Crippen molar-refractivity contribution < 1.29 is 9.59 Å². The summed E-state index contributed by atoms with van der Waals surface area (Å²) in [5.41, 5.74) is 0.562. The predicted molar refractivity (Wildman–Crippen MR) is 81.8 cm³/mol. The van der Waals surface area contributed by atoms with Crippen LogP contribution in [0.1, 0.15) is 27.2 Å². The third-order valence-corrected chi connectivity index (χ3v) is 3.23. The van der Waals surface area contributed by atoms with Crippen molar-refractivity contribution in [2.45, 2.75) is 27.2 Å². The lowest BCUT2D eigenvalue weighted by molar-refractivity contribution is -0.132. The number of benzene rings is 1. The Kier molecular flexibility index (Phi) is 6.52. The van der Waals surface area contributed by atoms with Gasteiger partial charge in [0.1, 0.15) is 0 Å². The van der Waals surface area contributed by atoms with E-state index in [1.807, 2.05) is 0 Å². The number of para-hydroxylation sites is 1. The van der Waals surface area contributed by atoms with Gasteiger partial charge in [-0.3, -0.25) is 9.59 Å². The smallest absolute Gasteiger partial charge is 0.244 e. The minimum absolute atomic E-state index is 0.0489. The minimum atomic E-state index is -0.239. The van der Waals surface area contributed by atoms with E-state index in [9.17, 15) is 9.59 Å². The molecule has 0 atom stereocenters. The van der Waals surface area contributed by atoms with Gasteiger partial charge in [0.25, 0.3) is 0 Å². The Bertz CT molecular complexity index is 475. The number of hydrogen-bond donors (Lipinski definition) is 1. The highest BCUT2D eigenvalue weighted by atomic mass is 35.5. The molecule has 1 aromatic carbocycles. The van der Waals surface area contributed by atoms with E-state index < -0.39 is 0 Å². The van der Waals surface area contributed by atoms with Gasteiger partial charge in [-0.05, 0) is 24.5 Å². The summed E-state index contributed by atoms with van der Waals surface area (Å²) in [4.78, 5) is 25.0. The number of hydrogen-bond acceptors (Lipinski definition) is 2. The molecule has 1 N–H and O–H groups in total. The van der Waals surface area contributed by atoms with Gasteiger partial charge in [-0.2, -0.15) is 0 Å². The number of halogens is 1. The van der Waals surface area contributed by atoms with Gasteiger partial charge < -0.3 is 10.2 Å². The van der Waals surface area contributed by atoms with E-state index in [0.29, 0.717) is 23.2 Å². The lowest BCUT2D eigenvalue weighted by Crippen LogP contribution is -2.37. The summed E-state index contributed by atoms with van der Waals surface area (Å²) in [6.45, 7) is 6.28. The maximum atomic E-state index is 12.0. The molecule has 20 heavy (non-hydrogen) atoms. The van der Waals surface area contributed by atoms with Gasteiger partial charge in [-0.15, -0.1) is 0 Å². The van der Waals surface area contributed by atoms with Gasteiger partial charge in [0.15, 0.2) is 0 Å². The molecule has 5 heteroatoms. The van der Waals surface area contributed by atoms with Crippen LogP contribution in [0.25, 0.3) is 0 Å². The van der Waals surface area contributed by atoms with Gasteiger partial charge in [0.2, 0.25) is 11.8 Å². The normalized spacial score (nSPS) is 10.4. The first-order valence-electron chi connectivity index (χ1n) is 6.70. The van der Waals surface area contributed by atoms with Crippen LogP contribution in [0.5, 0.6) is 0 Å². The van der Waals surface area contributed by atoms with Crippen LogP contribution in [0.2, 0.25) is 5.02 Å². The molecule has 1 rings (SSSR count). The molecular weight excluding hydrogens is 276 g/mol. The largest absolute Gasteiger partial charge is 0.334 e. The van der Waals surface area contributed by atoms with Gasteiger partial charge in [-0.1, -0.05) is 37.6 Å². The highest BCUT2D eigenvalue weighted by Crippen LogP contribution is 2.20. The molecule has 0 saturated carbocycles. The lowest BCUT2D eigenvalue weighted by atomic mass is 10.1. The molecular formula is C15H21ClN2O2. The van der Waals surface area contributed by atoms with E-state index in [2.05, 4.69) is 19.2 Å². The summed E-state index contributed by atoms with van der Waals surface area (Å²) < 4.78 is 0. The molecule has 0 saturated heterocycles. The Morgan fingerprint density at radius 2 is 1.95 bits per heavy atom. The standard InChI is InChI=1S/C15H21ClN2O2/c1-11(2)8-9-18(12(3)19)10-15(20)17-14-7-5-4-6-13(14)16/h4-7,11H,8-10H2,1-3H3,(H,17,20). The Hall–Kier alpha value is -1.55. The van der Waals surface area contributed by atoms with Crippen molar-refractivity contribution in [2.24, 2.45) is 5.92 Å². The van der Waals surface area contributed by atoms with Crippen LogP contribution in [-0.2, 0) is 9.59 Å². The molecule has 0 spiro atoms. The number of nitrogens with zero attached hydrogens (tertiary/aromatic N) is 1. The van der Waals surface area contributed by atoms with Crippen molar-refractivity contribution in [3.05, 3.63) is 29.3 Å². The fraction of sp³-hybridized carbons (Fsp3) is 0.467. The predicted octanol–water partition coefficient (Wildman–Crippen LogP) is 3.17.